The van der Waals surface area contributed by atoms with Gasteiger partial charge in [0.25, 0.3) is 0 Å². The number of hydrogen-bond acceptors (Lipinski definition) is 2. The second-order valence-corrected chi connectivity index (χ2v) is 4.88. The molecule has 1 rings (SSSR count). The first-order chi connectivity index (χ1) is 7.19. The highest BCUT2D eigenvalue weighted by Gasteiger charge is 2.09. The lowest BCUT2D eigenvalue weighted by Crippen LogP contribution is -2.05. The van der Waals surface area contributed by atoms with Crippen LogP contribution in [0.3, 0.4) is 0 Å². The van der Waals surface area contributed by atoms with Crippen LogP contribution in [0.25, 0.3) is 0 Å². The summed E-state index contributed by atoms with van der Waals surface area (Å²) in [4.78, 5) is 0. The molecule has 1 aromatic heterocycles. The third-order valence-corrected chi connectivity index (χ3v) is 3.29. The maximum atomic E-state index is 5.50. The summed E-state index contributed by atoms with van der Waals surface area (Å²) in [6.45, 7) is 7.91. The molecule has 0 saturated carbocycles. The number of ether oxygens (including phenoxy) is 1. The van der Waals surface area contributed by atoms with Crippen molar-refractivity contribution < 1.29 is 4.74 Å². The van der Waals surface area contributed by atoms with Crippen molar-refractivity contribution in [1.29, 1.82) is 0 Å². The van der Waals surface area contributed by atoms with Gasteiger partial charge >= 0.3 is 0 Å². The molecule has 1 aromatic rings. The minimum absolute atomic E-state index is 0.471. The van der Waals surface area contributed by atoms with Gasteiger partial charge in [-0.05, 0) is 42.4 Å². The first-order valence-corrected chi connectivity index (χ1v) is 6.58. The molecular formula is C11H19IN2O. The normalized spacial score (nSPS) is 13.1. The molecule has 1 heterocycles. The van der Waals surface area contributed by atoms with Crippen molar-refractivity contribution in [1.82, 2.24) is 9.78 Å². The maximum absolute atomic E-state index is 5.50. The summed E-state index contributed by atoms with van der Waals surface area (Å²) in [6, 6.07) is 0.471. The lowest BCUT2D eigenvalue weighted by atomic mass is 10.3. The smallest absolute Gasteiger partial charge is 0.101 e. The summed E-state index contributed by atoms with van der Waals surface area (Å²) >= 11 is 2.32. The summed E-state index contributed by atoms with van der Waals surface area (Å²) in [6.07, 6.45) is 4.26. The Labute approximate surface area is 105 Å². The Morgan fingerprint density at radius 1 is 1.53 bits per heavy atom. The highest BCUT2D eigenvalue weighted by molar-refractivity contribution is 14.1. The van der Waals surface area contributed by atoms with Crippen molar-refractivity contribution in [2.24, 2.45) is 0 Å². The standard InChI is InChI=1S/C11H19IN2O/c1-4-6-15-8-11-10(12)7-14(13-11)9(3)5-2/h7,9H,4-6,8H2,1-3H3. The van der Waals surface area contributed by atoms with E-state index < -0.39 is 0 Å². The zero-order valence-electron chi connectivity index (χ0n) is 9.66. The van der Waals surface area contributed by atoms with E-state index in [-0.39, 0.29) is 0 Å². The molecule has 3 nitrogen and oxygen atoms in total. The molecule has 1 unspecified atom stereocenters. The SMILES string of the molecule is CCCOCc1nn(C(C)CC)cc1I. The fourth-order valence-corrected chi connectivity index (χ4v) is 1.78. The fourth-order valence-electron chi connectivity index (χ4n) is 1.23. The zero-order valence-corrected chi connectivity index (χ0v) is 11.8. The minimum atomic E-state index is 0.471. The van der Waals surface area contributed by atoms with E-state index in [4.69, 9.17) is 4.74 Å². The largest absolute Gasteiger partial charge is 0.375 e. The van der Waals surface area contributed by atoms with E-state index >= 15 is 0 Å². The van der Waals surface area contributed by atoms with E-state index in [1.54, 1.807) is 0 Å². The number of aromatic nitrogens is 2. The number of nitrogens with zero attached hydrogens (tertiary/aromatic N) is 2. The summed E-state index contributed by atoms with van der Waals surface area (Å²) in [5, 5.41) is 4.54. The molecule has 0 aromatic carbocycles. The van der Waals surface area contributed by atoms with Crippen LogP contribution in [-0.4, -0.2) is 16.4 Å². The van der Waals surface area contributed by atoms with Gasteiger partial charge in [-0.2, -0.15) is 5.10 Å². The molecule has 4 heteroatoms. The van der Waals surface area contributed by atoms with Gasteiger partial charge in [0, 0.05) is 18.8 Å². The highest BCUT2D eigenvalue weighted by Crippen LogP contribution is 2.16. The van der Waals surface area contributed by atoms with Crippen molar-refractivity contribution in [2.75, 3.05) is 6.61 Å². The molecule has 0 aliphatic rings. The van der Waals surface area contributed by atoms with Gasteiger partial charge < -0.3 is 4.74 Å². The second kappa shape index (κ2) is 6.48. The Morgan fingerprint density at radius 2 is 2.27 bits per heavy atom. The summed E-state index contributed by atoms with van der Waals surface area (Å²) in [5.74, 6) is 0. The Kier molecular flexibility index (Phi) is 5.60. The van der Waals surface area contributed by atoms with Crippen LogP contribution < -0.4 is 0 Å². The predicted molar refractivity (Wildman–Crippen MR) is 69.9 cm³/mol. The first-order valence-electron chi connectivity index (χ1n) is 5.50. The number of hydrogen-bond donors (Lipinski definition) is 0. The van der Waals surface area contributed by atoms with Crippen molar-refractivity contribution in [2.45, 2.75) is 46.3 Å². The first kappa shape index (κ1) is 13.0. The van der Waals surface area contributed by atoms with Crippen molar-refractivity contribution in [3.63, 3.8) is 0 Å². The monoisotopic (exact) mass is 322 g/mol. The number of rotatable bonds is 6. The van der Waals surface area contributed by atoms with Crippen LogP contribution in [0.2, 0.25) is 0 Å². The summed E-state index contributed by atoms with van der Waals surface area (Å²) in [7, 11) is 0. The quantitative estimate of drug-likeness (QED) is 0.593. The van der Waals surface area contributed by atoms with Crippen LogP contribution in [0.1, 0.15) is 45.3 Å². The molecular weight excluding hydrogens is 303 g/mol. The molecule has 0 spiro atoms. The molecule has 0 saturated heterocycles. The second-order valence-electron chi connectivity index (χ2n) is 3.71. The van der Waals surface area contributed by atoms with E-state index in [1.807, 2.05) is 4.68 Å². The molecule has 0 bridgehead atoms. The average molecular weight is 322 g/mol. The van der Waals surface area contributed by atoms with Gasteiger partial charge in [-0.3, -0.25) is 4.68 Å². The van der Waals surface area contributed by atoms with E-state index in [9.17, 15) is 0 Å². The Bertz CT molecular complexity index is 299. The van der Waals surface area contributed by atoms with E-state index in [0.717, 1.165) is 25.1 Å². The van der Waals surface area contributed by atoms with Gasteiger partial charge in [-0.25, -0.2) is 0 Å². The van der Waals surface area contributed by atoms with Crippen LogP contribution in [0.4, 0.5) is 0 Å². The van der Waals surface area contributed by atoms with Crippen LogP contribution in [-0.2, 0) is 11.3 Å². The topological polar surface area (TPSA) is 27.1 Å². The molecule has 0 amide bonds. The third kappa shape index (κ3) is 3.75. The van der Waals surface area contributed by atoms with Gasteiger partial charge in [0.05, 0.1) is 10.2 Å². The van der Waals surface area contributed by atoms with E-state index in [2.05, 4.69) is 54.7 Å². The van der Waals surface area contributed by atoms with Crippen LogP contribution in [0.5, 0.6) is 0 Å². The molecule has 0 aliphatic heterocycles. The molecule has 0 aliphatic carbocycles. The Balaban J connectivity index is 2.60. The van der Waals surface area contributed by atoms with E-state index in [1.165, 1.54) is 3.57 Å². The van der Waals surface area contributed by atoms with Gasteiger partial charge in [-0.15, -0.1) is 0 Å². The van der Waals surface area contributed by atoms with Crippen molar-refractivity contribution >= 4 is 22.6 Å². The molecule has 0 radical (unpaired) electrons. The number of halogens is 1. The average Bonchev–Trinajstić information content (AvgIpc) is 2.60. The van der Waals surface area contributed by atoms with Crippen LogP contribution in [0.15, 0.2) is 6.20 Å². The van der Waals surface area contributed by atoms with Crippen LogP contribution in [0, 0.1) is 3.57 Å². The maximum Gasteiger partial charge on any atom is 0.101 e. The molecule has 1 atom stereocenters. The third-order valence-electron chi connectivity index (χ3n) is 2.39. The lowest BCUT2D eigenvalue weighted by Gasteiger charge is -2.07. The summed E-state index contributed by atoms with van der Waals surface area (Å²) < 4.78 is 8.73. The Hall–Kier alpha value is -0.100. The predicted octanol–water partition coefficient (Wildman–Crippen LogP) is 3.39. The minimum Gasteiger partial charge on any atom is -0.375 e. The molecule has 0 N–H and O–H groups in total. The van der Waals surface area contributed by atoms with Gasteiger partial charge in [0.1, 0.15) is 5.69 Å². The highest BCUT2D eigenvalue weighted by atomic mass is 127. The Morgan fingerprint density at radius 3 is 2.87 bits per heavy atom. The molecule has 86 valence electrons. The summed E-state index contributed by atoms with van der Waals surface area (Å²) in [5.41, 5.74) is 1.06. The van der Waals surface area contributed by atoms with Crippen molar-refractivity contribution in [3.05, 3.63) is 15.5 Å². The van der Waals surface area contributed by atoms with Gasteiger partial charge in [0.2, 0.25) is 0 Å². The fraction of sp³-hybridized carbons (Fsp3) is 0.727. The van der Waals surface area contributed by atoms with Gasteiger partial charge in [-0.1, -0.05) is 13.8 Å². The van der Waals surface area contributed by atoms with Gasteiger partial charge in [0.15, 0.2) is 0 Å². The zero-order chi connectivity index (χ0) is 11.3. The van der Waals surface area contributed by atoms with Crippen LogP contribution >= 0.6 is 22.6 Å². The van der Waals surface area contributed by atoms with Crippen molar-refractivity contribution in [3.8, 4) is 0 Å². The molecule has 0 fully saturated rings. The van der Waals surface area contributed by atoms with E-state index in [0.29, 0.717) is 12.6 Å². The lowest BCUT2D eigenvalue weighted by molar-refractivity contribution is 0.118. The molecule has 15 heavy (non-hydrogen) atoms.